The Morgan fingerprint density at radius 3 is 2.81 bits per heavy atom. The standard InChI is InChI=1S/C23H27FN2O4S/c1-16(27)25(13-19-3-2-11-29-19)14-23(28)26-10-8-22-20(9-12-31-22)21(26)15-30-18-6-4-17(24)5-7-18/h4-7,9,12,19,21H,2-3,8,10-11,13-15H2,1H3/t19-,21-/m1/s1. The van der Waals surface area contributed by atoms with E-state index in [0.717, 1.165) is 24.8 Å². The number of thiophene rings is 1. The third kappa shape index (κ3) is 5.25. The summed E-state index contributed by atoms with van der Waals surface area (Å²) in [7, 11) is 0. The molecule has 31 heavy (non-hydrogen) atoms. The van der Waals surface area contributed by atoms with Gasteiger partial charge in [-0.3, -0.25) is 9.59 Å². The van der Waals surface area contributed by atoms with Crippen LogP contribution in [0.25, 0.3) is 0 Å². The van der Waals surface area contributed by atoms with Gasteiger partial charge in [-0.2, -0.15) is 0 Å². The monoisotopic (exact) mass is 446 g/mol. The molecule has 1 fully saturated rings. The summed E-state index contributed by atoms with van der Waals surface area (Å²) in [6.45, 7) is 3.52. The predicted octanol–water partition coefficient (Wildman–Crippen LogP) is 3.42. The summed E-state index contributed by atoms with van der Waals surface area (Å²) in [5.74, 6) is 0.00588. The maximum absolute atomic E-state index is 13.3. The molecule has 0 unspecified atom stereocenters. The van der Waals surface area contributed by atoms with Gasteiger partial charge in [-0.1, -0.05) is 0 Å². The van der Waals surface area contributed by atoms with Gasteiger partial charge in [0.25, 0.3) is 0 Å². The van der Waals surface area contributed by atoms with Gasteiger partial charge in [0.1, 0.15) is 18.2 Å². The molecule has 1 aromatic heterocycles. The minimum Gasteiger partial charge on any atom is -0.491 e. The Morgan fingerprint density at radius 2 is 2.10 bits per heavy atom. The number of hydrogen-bond donors (Lipinski definition) is 0. The van der Waals surface area contributed by atoms with Gasteiger partial charge in [0, 0.05) is 31.5 Å². The first-order valence-electron chi connectivity index (χ1n) is 10.6. The lowest BCUT2D eigenvalue weighted by atomic mass is 10.0. The highest BCUT2D eigenvalue weighted by Gasteiger charge is 2.33. The second kappa shape index (κ2) is 9.78. The zero-order valence-corrected chi connectivity index (χ0v) is 18.4. The molecule has 8 heteroatoms. The normalized spacial score (nSPS) is 20.4. The van der Waals surface area contributed by atoms with Gasteiger partial charge in [-0.15, -0.1) is 11.3 Å². The first-order valence-corrected chi connectivity index (χ1v) is 11.5. The highest BCUT2D eigenvalue weighted by atomic mass is 32.1. The van der Waals surface area contributed by atoms with E-state index in [1.165, 1.54) is 23.9 Å². The molecule has 0 bridgehead atoms. The van der Waals surface area contributed by atoms with E-state index in [-0.39, 0.29) is 42.9 Å². The van der Waals surface area contributed by atoms with Crippen LogP contribution in [0, 0.1) is 5.82 Å². The van der Waals surface area contributed by atoms with Gasteiger partial charge in [0.15, 0.2) is 0 Å². The third-order valence-electron chi connectivity index (χ3n) is 5.86. The van der Waals surface area contributed by atoms with E-state index in [9.17, 15) is 14.0 Å². The Hall–Kier alpha value is -2.45. The van der Waals surface area contributed by atoms with Gasteiger partial charge in [0.2, 0.25) is 11.8 Å². The topological polar surface area (TPSA) is 59.1 Å². The van der Waals surface area contributed by atoms with E-state index in [1.807, 2.05) is 16.3 Å². The summed E-state index contributed by atoms with van der Waals surface area (Å²) in [6, 6.07) is 7.66. The second-order valence-electron chi connectivity index (χ2n) is 7.95. The molecule has 166 valence electrons. The zero-order valence-electron chi connectivity index (χ0n) is 17.6. The SMILES string of the molecule is CC(=O)N(CC(=O)N1CCc2sccc2[C@H]1COc1ccc(F)cc1)C[C@H]1CCCO1. The van der Waals surface area contributed by atoms with Crippen molar-refractivity contribution in [3.63, 3.8) is 0 Å². The van der Waals surface area contributed by atoms with Crippen LogP contribution in [-0.4, -0.2) is 60.6 Å². The van der Waals surface area contributed by atoms with E-state index in [0.29, 0.717) is 25.4 Å². The van der Waals surface area contributed by atoms with Gasteiger partial charge >= 0.3 is 0 Å². The molecule has 2 amide bonds. The quantitative estimate of drug-likeness (QED) is 0.654. The fourth-order valence-corrected chi connectivity index (χ4v) is 5.10. The Kier molecular flexibility index (Phi) is 6.87. The number of ether oxygens (including phenoxy) is 2. The number of carbonyl (C=O) groups excluding carboxylic acids is 2. The number of halogens is 1. The van der Waals surface area contributed by atoms with E-state index < -0.39 is 0 Å². The van der Waals surface area contributed by atoms with Crippen molar-refractivity contribution in [3.8, 4) is 5.75 Å². The molecule has 1 saturated heterocycles. The molecule has 2 atom stereocenters. The van der Waals surface area contributed by atoms with Crippen LogP contribution in [-0.2, 0) is 20.7 Å². The van der Waals surface area contributed by atoms with Crippen molar-refractivity contribution >= 4 is 23.2 Å². The molecule has 4 rings (SSSR count). The molecule has 0 saturated carbocycles. The molecule has 1 aromatic carbocycles. The van der Waals surface area contributed by atoms with Crippen molar-refractivity contribution in [2.45, 2.75) is 38.3 Å². The van der Waals surface area contributed by atoms with Crippen molar-refractivity contribution in [2.75, 3.05) is 32.8 Å². The molecule has 0 spiro atoms. The lowest BCUT2D eigenvalue weighted by Gasteiger charge is -2.37. The van der Waals surface area contributed by atoms with Crippen LogP contribution >= 0.6 is 11.3 Å². The van der Waals surface area contributed by atoms with E-state index in [2.05, 4.69) is 0 Å². The zero-order chi connectivity index (χ0) is 21.8. The largest absolute Gasteiger partial charge is 0.491 e. The molecule has 0 aliphatic carbocycles. The Bertz CT molecular complexity index is 911. The fourth-order valence-electron chi connectivity index (χ4n) is 4.17. The molecule has 0 radical (unpaired) electrons. The molecule has 0 N–H and O–H groups in total. The smallest absolute Gasteiger partial charge is 0.242 e. The number of rotatable bonds is 7. The lowest BCUT2D eigenvalue weighted by molar-refractivity contribution is -0.142. The molecule has 2 aliphatic rings. The van der Waals surface area contributed by atoms with Crippen LogP contribution < -0.4 is 4.74 Å². The minimum absolute atomic E-state index is 0.000798. The molecule has 2 aromatic rings. The van der Waals surface area contributed by atoms with Crippen molar-refractivity contribution in [1.82, 2.24) is 9.80 Å². The van der Waals surface area contributed by atoms with Crippen LogP contribution in [0.1, 0.15) is 36.2 Å². The van der Waals surface area contributed by atoms with Crippen LogP contribution in [0.3, 0.4) is 0 Å². The van der Waals surface area contributed by atoms with Crippen molar-refractivity contribution in [1.29, 1.82) is 0 Å². The van der Waals surface area contributed by atoms with Crippen LogP contribution in [0.15, 0.2) is 35.7 Å². The van der Waals surface area contributed by atoms with Gasteiger partial charge in [0.05, 0.1) is 18.7 Å². The fraction of sp³-hybridized carbons (Fsp3) is 0.478. The molecular formula is C23H27FN2O4S. The number of hydrogen-bond acceptors (Lipinski definition) is 5. The van der Waals surface area contributed by atoms with E-state index in [1.54, 1.807) is 28.4 Å². The summed E-state index contributed by atoms with van der Waals surface area (Å²) >= 11 is 1.68. The maximum atomic E-state index is 13.3. The van der Waals surface area contributed by atoms with Crippen LogP contribution in [0.4, 0.5) is 4.39 Å². The summed E-state index contributed by atoms with van der Waals surface area (Å²) in [4.78, 5) is 30.1. The van der Waals surface area contributed by atoms with E-state index >= 15 is 0 Å². The number of nitrogens with zero attached hydrogens (tertiary/aromatic N) is 2. The summed E-state index contributed by atoms with van der Waals surface area (Å²) in [5.41, 5.74) is 1.08. The number of carbonyl (C=O) groups is 2. The molecular weight excluding hydrogens is 419 g/mol. The average Bonchev–Trinajstić information content (AvgIpc) is 3.44. The first kappa shape index (κ1) is 21.8. The summed E-state index contributed by atoms with van der Waals surface area (Å²) in [6.07, 6.45) is 2.69. The van der Waals surface area contributed by atoms with Gasteiger partial charge in [-0.25, -0.2) is 4.39 Å². The summed E-state index contributed by atoms with van der Waals surface area (Å²) < 4.78 is 24.7. The Morgan fingerprint density at radius 1 is 1.29 bits per heavy atom. The van der Waals surface area contributed by atoms with Gasteiger partial charge < -0.3 is 19.3 Å². The van der Waals surface area contributed by atoms with E-state index in [4.69, 9.17) is 9.47 Å². The Balaban J connectivity index is 1.46. The third-order valence-corrected chi connectivity index (χ3v) is 6.85. The highest BCUT2D eigenvalue weighted by Crippen LogP contribution is 2.34. The van der Waals surface area contributed by atoms with Crippen molar-refractivity contribution in [3.05, 3.63) is 52.0 Å². The van der Waals surface area contributed by atoms with Gasteiger partial charge in [-0.05, 0) is 60.5 Å². The highest BCUT2D eigenvalue weighted by molar-refractivity contribution is 7.10. The Labute approximate surface area is 185 Å². The predicted molar refractivity (Wildman–Crippen MR) is 116 cm³/mol. The first-order chi connectivity index (χ1) is 15.0. The molecule has 2 aliphatic heterocycles. The maximum Gasteiger partial charge on any atom is 0.242 e. The van der Waals surface area contributed by atoms with Crippen LogP contribution in [0.2, 0.25) is 0 Å². The van der Waals surface area contributed by atoms with Crippen molar-refractivity contribution in [2.24, 2.45) is 0 Å². The lowest BCUT2D eigenvalue weighted by Crippen LogP contribution is -2.48. The molecule has 3 heterocycles. The average molecular weight is 447 g/mol. The number of benzene rings is 1. The summed E-state index contributed by atoms with van der Waals surface area (Å²) in [5, 5.41) is 2.03. The van der Waals surface area contributed by atoms with Crippen LogP contribution in [0.5, 0.6) is 5.75 Å². The number of amides is 2. The minimum atomic E-state index is -0.322. The second-order valence-corrected chi connectivity index (χ2v) is 8.95. The van der Waals surface area contributed by atoms with Crippen molar-refractivity contribution < 1.29 is 23.5 Å². The number of fused-ring (bicyclic) bond motifs is 1. The molecule has 6 nitrogen and oxygen atoms in total.